The van der Waals surface area contributed by atoms with Gasteiger partial charge in [-0.2, -0.15) is 0 Å². The number of nitrogens with zero attached hydrogens (tertiary/aromatic N) is 2. The molecule has 1 saturated heterocycles. The van der Waals surface area contributed by atoms with Crippen LogP contribution in [0.25, 0.3) is 0 Å². The van der Waals surface area contributed by atoms with E-state index in [4.69, 9.17) is 0 Å². The van der Waals surface area contributed by atoms with E-state index in [-0.39, 0.29) is 12.2 Å². The summed E-state index contributed by atoms with van der Waals surface area (Å²) in [4.78, 5) is 16.8. The zero-order chi connectivity index (χ0) is 14.0. The molecule has 1 heterocycles. The molecule has 2 aliphatic rings. The minimum absolute atomic E-state index is 0.0211. The van der Waals surface area contributed by atoms with E-state index in [1.165, 1.54) is 25.7 Å². The first kappa shape index (κ1) is 14.8. The normalized spacial score (nSPS) is 29.2. The third-order valence-electron chi connectivity index (χ3n) is 4.54. The van der Waals surface area contributed by atoms with Crippen molar-refractivity contribution in [3.05, 3.63) is 0 Å². The highest BCUT2D eigenvalue weighted by molar-refractivity contribution is 5.84. The Bertz CT molecular complexity index is 311. The highest BCUT2D eigenvalue weighted by Crippen LogP contribution is 2.32. The average Bonchev–Trinajstić information content (AvgIpc) is 2.93. The van der Waals surface area contributed by atoms with Crippen LogP contribution in [-0.4, -0.2) is 55.1 Å². The first-order valence-corrected chi connectivity index (χ1v) is 7.72. The van der Waals surface area contributed by atoms with Crippen molar-refractivity contribution in [2.24, 2.45) is 11.8 Å². The smallest absolute Gasteiger partial charge is 0.241 e. The molecule has 0 radical (unpaired) electrons. The number of hydrogen-bond acceptors (Lipinski definition) is 3. The minimum Gasteiger partial charge on any atom is -0.324 e. The molecule has 1 aliphatic heterocycles. The van der Waals surface area contributed by atoms with Crippen LogP contribution in [0, 0.1) is 11.8 Å². The highest BCUT2D eigenvalue weighted by Gasteiger charge is 2.43. The van der Waals surface area contributed by atoms with Gasteiger partial charge in [-0.25, -0.2) is 0 Å². The maximum atomic E-state index is 12.6. The van der Waals surface area contributed by atoms with Crippen LogP contribution in [0.1, 0.15) is 39.5 Å². The Labute approximate surface area is 117 Å². The van der Waals surface area contributed by atoms with Crippen molar-refractivity contribution >= 4 is 5.91 Å². The number of likely N-dealkylation sites (N-methyl/N-ethyl adjacent to an activating group) is 1. The van der Waals surface area contributed by atoms with Crippen molar-refractivity contribution in [2.75, 3.05) is 27.2 Å². The standard InChI is InChI=1S/C15H29N3O/c1-11(2)13-15(19)18(10-9-17(3)4)14(16-13)12-7-5-6-8-12/h11-14,16H,5-10H2,1-4H3. The van der Waals surface area contributed by atoms with Crippen LogP contribution < -0.4 is 5.32 Å². The van der Waals surface area contributed by atoms with Crippen molar-refractivity contribution in [3.8, 4) is 0 Å². The molecule has 1 N–H and O–H groups in total. The van der Waals surface area contributed by atoms with Crippen LogP contribution in [0.3, 0.4) is 0 Å². The summed E-state index contributed by atoms with van der Waals surface area (Å²) >= 11 is 0. The van der Waals surface area contributed by atoms with Crippen molar-refractivity contribution in [1.29, 1.82) is 0 Å². The van der Waals surface area contributed by atoms with Gasteiger partial charge in [0.05, 0.1) is 12.2 Å². The Hall–Kier alpha value is -0.610. The largest absolute Gasteiger partial charge is 0.324 e. The molecule has 4 nitrogen and oxygen atoms in total. The molecular formula is C15H29N3O. The molecule has 2 atom stereocenters. The van der Waals surface area contributed by atoms with E-state index in [0.29, 0.717) is 17.7 Å². The van der Waals surface area contributed by atoms with Gasteiger partial charge >= 0.3 is 0 Å². The summed E-state index contributed by atoms with van der Waals surface area (Å²) in [5.74, 6) is 1.35. The van der Waals surface area contributed by atoms with E-state index in [0.717, 1.165) is 13.1 Å². The van der Waals surface area contributed by atoms with Gasteiger partial charge < -0.3 is 9.80 Å². The van der Waals surface area contributed by atoms with Gasteiger partial charge in [-0.05, 0) is 38.8 Å². The zero-order valence-electron chi connectivity index (χ0n) is 12.9. The van der Waals surface area contributed by atoms with Crippen molar-refractivity contribution in [2.45, 2.75) is 51.7 Å². The first-order valence-electron chi connectivity index (χ1n) is 7.72. The van der Waals surface area contributed by atoms with Gasteiger partial charge in [-0.1, -0.05) is 26.7 Å². The molecule has 19 heavy (non-hydrogen) atoms. The van der Waals surface area contributed by atoms with Crippen LogP contribution in [0.15, 0.2) is 0 Å². The quantitative estimate of drug-likeness (QED) is 0.820. The molecule has 4 heteroatoms. The molecule has 2 rings (SSSR count). The third kappa shape index (κ3) is 3.29. The zero-order valence-corrected chi connectivity index (χ0v) is 12.9. The van der Waals surface area contributed by atoms with E-state index >= 15 is 0 Å². The van der Waals surface area contributed by atoms with E-state index in [1.54, 1.807) is 0 Å². The Morgan fingerprint density at radius 1 is 1.32 bits per heavy atom. The van der Waals surface area contributed by atoms with Gasteiger partial charge in [-0.3, -0.25) is 10.1 Å². The summed E-state index contributed by atoms with van der Waals surface area (Å²) in [5, 5.41) is 3.61. The lowest BCUT2D eigenvalue weighted by Gasteiger charge is -2.29. The lowest BCUT2D eigenvalue weighted by atomic mass is 10.0. The lowest BCUT2D eigenvalue weighted by molar-refractivity contribution is -0.131. The van der Waals surface area contributed by atoms with Crippen LogP contribution >= 0.6 is 0 Å². The second-order valence-corrected chi connectivity index (χ2v) is 6.71. The molecule has 1 saturated carbocycles. The maximum Gasteiger partial charge on any atom is 0.241 e. The van der Waals surface area contributed by atoms with Gasteiger partial charge in [0.2, 0.25) is 5.91 Å². The van der Waals surface area contributed by atoms with Crippen LogP contribution in [0.2, 0.25) is 0 Å². The number of rotatable bonds is 5. The van der Waals surface area contributed by atoms with Crippen molar-refractivity contribution in [3.63, 3.8) is 0 Å². The Kier molecular flexibility index (Phi) is 4.85. The van der Waals surface area contributed by atoms with Crippen molar-refractivity contribution in [1.82, 2.24) is 15.1 Å². The summed E-state index contributed by atoms with van der Waals surface area (Å²) < 4.78 is 0. The fourth-order valence-corrected chi connectivity index (χ4v) is 3.36. The fraction of sp³-hybridized carbons (Fsp3) is 0.933. The molecule has 2 fully saturated rings. The predicted molar refractivity (Wildman–Crippen MR) is 77.8 cm³/mol. The van der Waals surface area contributed by atoms with E-state index in [1.807, 2.05) is 0 Å². The molecule has 1 amide bonds. The number of carbonyl (C=O) groups is 1. The van der Waals surface area contributed by atoms with Crippen LogP contribution in [0.5, 0.6) is 0 Å². The molecule has 0 spiro atoms. The molecule has 1 aliphatic carbocycles. The molecule has 0 aromatic carbocycles. The number of carbonyl (C=O) groups excluding carboxylic acids is 1. The monoisotopic (exact) mass is 267 g/mol. The fourth-order valence-electron chi connectivity index (χ4n) is 3.36. The average molecular weight is 267 g/mol. The molecular weight excluding hydrogens is 238 g/mol. The number of hydrogen-bond donors (Lipinski definition) is 1. The summed E-state index contributed by atoms with van der Waals surface area (Å²) in [6.07, 6.45) is 5.47. The van der Waals surface area contributed by atoms with Crippen LogP contribution in [-0.2, 0) is 4.79 Å². The summed E-state index contributed by atoms with van der Waals surface area (Å²) in [7, 11) is 4.14. The van der Waals surface area contributed by atoms with Gasteiger partial charge in [0.25, 0.3) is 0 Å². The SMILES string of the molecule is CC(C)C1NC(C2CCCC2)N(CCN(C)C)C1=O. The van der Waals surface area contributed by atoms with Gasteiger partial charge in [0, 0.05) is 13.1 Å². The molecule has 0 bridgehead atoms. The van der Waals surface area contributed by atoms with Gasteiger partial charge in [-0.15, -0.1) is 0 Å². The lowest BCUT2D eigenvalue weighted by Crippen LogP contribution is -2.45. The number of nitrogens with one attached hydrogen (secondary N) is 1. The van der Waals surface area contributed by atoms with Gasteiger partial charge in [0.15, 0.2) is 0 Å². The highest BCUT2D eigenvalue weighted by atomic mass is 16.2. The molecule has 2 unspecified atom stereocenters. The molecule has 110 valence electrons. The van der Waals surface area contributed by atoms with Gasteiger partial charge in [0.1, 0.15) is 0 Å². The third-order valence-corrected chi connectivity index (χ3v) is 4.54. The summed E-state index contributed by atoms with van der Waals surface area (Å²) in [6.45, 7) is 6.07. The van der Waals surface area contributed by atoms with E-state index in [2.05, 4.69) is 43.1 Å². The van der Waals surface area contributed by atoms with Crippen molar-refractivity contribution < 1.29 is 4.79 Å². The molecule has 0 aromatic rings. The molecule has 0 aromatic heterocycles. The second-order valence-electron chi connectivity index (χ2n) is 6.71. The van der Waals surface area contributed by atoms with E-state index in [9.17, 15) is 4.79 Å². The minimum atomic E-state index is 0.0211. The Balaban J connectivity index is 2.06. The Morgan fingerprint density at radius 3 is 2.47 bits per heavy atom. The summed E-state index contributed by atoms with van der Waals surface area (Å²) in [5.41, 5.74) is 0. The topological polar surface area (TPSA) is 35.6 Å². The van der Waals surface area contributed by atoms with E-state index < -0.39 is 0 Å². The second kappa shape index (κ2) is 6.23. The predicted octanol–water partition coefficient (Wildman–Crippen LogP) is 1.52. The van der Waals surface area contributed by atoms with Crippen LogP contribution in [0.4, 0.5) is 0 Å². The Morgan fingerprint density at radius 2 is 1.95 bits per heavy atom. The first-order chi connectivity index (χ1) is 9.00. The summed E-state index contributed by atoms with van der Waals surface area (Å²) in [6, 6.07) is 0.0211. The number of amides is 1. The maximum absolute atomic E-state index is 12.6.